The quantitative estimate of drug-likeness (QED) is 0.0191. The number of aromatic hydroxyl groups is 4. The second-order valence-corrected chi connectivity index (χ2v) is 28.7. The van der Waals surface area contributed by atoms with Gasteiger partial charge in [0, 0.05) is 38.4 Å². The van der Waals surface area contributed by atoms with Crippen molar-refractivity contribution in [3.63, 3.8) is 0 Å². The number of anilines is 3. The largest absolute Gasteiger partial charge is 0.507 e. The highest BCUT2D eigenvalue weighted by atomic mass is 35.7. The van der Waals surface area contributed by atoms with E-state index in [2.05, 4.69) is 78.0 Å². The monoisotopic (exact) mass is 1500 g/mol. The van der Waals surface area contributed by atoms with Gasteiger partial charge in [-0.1, -0.05) is 161 Å². The number of benzene rings is 9. The molecule has 9 rings (SSSR count). The Bertz CT molecular complexity index is 4760. The van der Waals surface area contributed by atoms with Gasteiger partial charge in [0.1, 0.15) is 45.3 Å². The van der Waals surface area contributed by atoms with Crippen molar-refractivity contribution in [1.82, 2.24) is 0 Å². The number of phenols is 4. The Kier molecular flexibility index (Phi) is 33.5. The molecule has 0 aliphatic heterocycles. The Morgan fingerprint density at radius 1 is 0.436 bits per heavy atom. The van der Waals surface area contributed by atoms with Gasteiger partial charge in [0.2, 0.25) is 0 Å². The average Bonchev–Trinajstić information content (AvgIpc) is 0.819. The molecule has 101 heavy (non-hydrogen) atoms. The Hall–Kier alpha value is -11.0. The highest BCUT2D eigenvalue weighted by Gasteiger charge is 2.22. The fourth-order valence-corrected chi connectivity index (χ4v) is 11.3. The third-order valence-electron chi connectivity index (χ3n) is 13.7. The summed E-state index contributed by atoms with van der Waals surface area (Å²) in [4.78, 5) is 42.0. The van der Waals surface area contributed by atoms with Crippen LogP contribution in [0.4, 0.5) is 17.1 Å². The zero-order valence-corrected chi connectivity index (χ0v) is 58.5. The van der Waals surface area contributed by atoms with Gasteiger partial charge in [-0.2, -0.15) is 8.42 Å². The van der Waals surface area contributed by atoms with Gasteiger partial charge in [-0.05, 0) is 162 Å². The summed E-state index contributed by atoms with van der Waals surface area (Å²) in [5.74, 6) is -6.21. The highest BCUT2D eigenvalue weighted by molar-refractivity contribution is 8.13. The summed E-state index contributed by atoms with van der Waals surface area (Å²) >= 11 is 0. The number of para-hydroxylation sites is 1. The van der Waals surface area contributed by atoms with E-state index in [0.29, 0.717) is 23.2 Å². The SMILES string of the molecule is C=Cc1ccc(N)cc1.C=Cc1ccc(NS(=O)(=O)c2ccc(O)c(C(=O)O)c2)cc1.C=Cc1ccccc1.CCC(CCC(C)c1ccc(NS(=O)(=O)c2ccc(O)c(C(=O)O)c2)cc1)c1ccccc1.O=C(O)c1cc(S(=O)(=O)Cl)ccc1O.O=C(O)c1ccccc1O.O=S(=O)(O)Cl. The molecule has 0 heterocycles. The van der Waals surface area contributed by atoms with Crippen molar-refractivity contribution in [3.8, 4) is 23.0 Å². The maximum absolute atomic E-state index is 12.7. The average molecular weight is 1500 g/mol. The van der Waals surface area contributed by atoms with Crippen LogP contribution in [0.25, 0.3) is 18.2 Å². The number of hydrogen-bond acceptors (Lipinski definition) is 17. The summed E-state index contributed by atoms with van der Waals surface area (Å²) in [6.45, 7) is 15.2. The Morgan fingerprint density at radius 3 is 1.11 bits per heavy atom. The van der Waals surface area contributed by atoms with E-state index < -0.39 is 96.2 Å². The number of carbonyl (C=O) groups is 4. The van der Waals surface area contributed by atoms with Gasteiger partial charge in [-0.15, -0.1) is 0 Å². The summed E-state index contributed by atoms with van der Waals surface area (Å²) in [5.41, 5.74) is 11.0. The third kappa shape index (κ3) is 30.0. The van der Waals surface area contributed by atoms with Gasteiger partial charge in [0.05, 0.1) is 14.7 Å². The van der Waals surface area contributed by atoms with Crippen molar-refractivity contribution in [3.05, 3.63) is 282 Å². The third-order valence-corrected chi connectivity index (χ3v) is 17.8. The first-order chi connectivity index (χ1) is 47.3. The fraction of sp³-hybridized carbons (Fsp3) is 0.0986. The number of hydrogen-bond donors (Lipinski definition) is 12. The summed E-state index contributed by atoms with van der Waals surface area (Å²) in [6, 6.07) is 56.6. The molecule has 9 aromatic rings. The molecule has 0 saturated carbocycles. The second-order valence-electron chi connectivity index (χ2n) is 20.8. The van der Waals surface area contributed by atoms with Gasteiger partial charge in [-0.3, -0.25) is 14.0 Å². The molecular weight excluding hydrogens is 1430 g/mol. The molecule has 534 valence electrons. The Labute approximate surface area is 593 Å². The number of aromatic carboxylic acids is 4. The van der Waals surface area contributed by atoms with E-state index in [-0.39, 0.29) is 26.0 Å². The topological polar surface area (TPSA) is 437 Å². The van der Waals surface area contributed by atoms with Gasteiger partial charge in [0.15, 0.2) is 0 Å². The van der Waals surface area contributed by atoms with E-state index in [0.717, 1.165) is 96.2 Å². The lowest BCUT2D eigenvalue weighted by Gasteiger charge is -2.19. The molecule has 0 bridgehead atoms. The van der Waals surface area contributed by atoms with Crippen LogP contribution in [0.1, 0.15) is 114 Å². The van der Waals surface area contributed by atoms with E-state index in [4.69, 9.17) is 60.0 Å². The van der Waals surface area contributed by atoms with Crippen LogP contribution >= 0.6 is 21.4 Å². The number of halogens is 2. The van der Waals surface area contributed by atoms with Crippen LogP contribution in [0.3, 0.4) is 0 Å². The molecular formula is C71H71Cl2N3O21S4. The first-order valence-corrected chi connectivity index (χ1v) is 36.8. The second kappa shape index (κ2) is 40.2. The van der Waals surface area contributed by atoms with E-state index in [1.807, 2.05) is 78.9 Å². The van der Waals surface area contributed by atoms with E-state index in [1.54, 1.807) is 60.7 Å². The Morgan fingerprint density at radius 2 is 0.762 bits per heavy atom. The molecule has 2 unspecified atom stereocenters. The first-order valence-electron chi connectivity index (χ1n) is 29.2. The molecule has 0 amide bonds. The first kappa shape index (κ1) is 84.2. The van der Waals surface area contributed by atoms with Crippen molar-refractivity contribution in [1.29, 1.82) is 0 Å². The molecule has 0 fully saturated rings. The highest BCUT2D eigenvalue weighted by Crippen LogP contribution is 2.32. The smallest absolute Gasteiger partial charge is 0.353 e. The number of carboxylic acid groups (broad SMARTS) is 4. The summed E-state index contributed by atoms with van der Waals surface area (Å²) in [5, 5.41) is 72.0. The van der Waals surface area contributed by atoms with Crippen LogP contribution in [-0.4, -0.2) is 103 Å². The van der Waals surface area contributed by atoms with E-state index in [1.165, 1.54) is 23.3 Å². The molecule has 0 saturated heterocycles. The van der Waals surface area contributed by atoms with Gasteiger partial charge in [0.25, 0.3) is 29.1 Å². The van der Waals surface area contributed by atoms with Gasteiger partial charge >= 0.3 is 33.2 Å². The maximum Gasteiger partial charge on any atom is 0.353 e. The van der Waals surface area contributed by atoms with Crippen LogP contribution in [0, 0.1) is 0 Å². The van der Waals surface area contributed by atoms with Gasteiger partial charge < -0.3 is 46.6 Å². The van der Waals surface area contributed by atoms with Crippen molar-refractivity contribution < 1.29 is 98.3 Å². The molecule has 0 aromatic heterocycles. The zero-order valence-electron chi connectivity index (χ0n) is 53.7. The summed E-state index contributed by atoms with van der Waals surface area (Å²) in [7, 11) is -7.08. The van der Waals surface area contributed by atoms with Gasteiger partial charge in [-0.25, -0.2) is 44.4 Å². The molecule has 0 aliphatic carbocycles. The number of rotatable bonds is 20. The number of nitrogens with two attached hydrogens (primary N) is 1. The molecule has 0 aliphatic rings. The lowest BCUT2D eigenvalue weighted by Crippen LogP contribution is -2.14. The van der Waals surface area contributed by atoms with Crippen molar-refractivity contribution >= 4 is 119 Å². The van der Waals surface area contributed by atoms with Crippen molar-refractivity contribution in [2.24, 2.45) is 0 Å². The van der Waals surface area contributed by atoms with Crippen molar-refractivity contribution in [2.75, 3.05) is 15.2 Å². The maximum atomic E-state index is 12.7. The fourth-order valence-electron chi connectivity index (χ4n) is 8.37. The molecule has 24 nitrogen and oxygen atoms in total. The van der Waals surface area contributed by atoms with Crippen LogP contribution in [0.5, 0.6) is 23.0 Å². The minimum Gasteiger partial charge on any atom is -0.507 e. The van der Waals surface area contributed by atoms with Crippen LogP contribution in [0.15, 0.2) is 247 Å². The van der Waals surface area contributed by atoms with Crippen LogP contribution < -0.4 is 15.2 Å². The molecule has 2 atom stereocenters. The minimum atomic E-state index is -4.19. The predicted molar refractivity (Wildman–Crippen MR) is 390 cm³/mol. The predicted octanol–water partition coefficient (Wildman–Crippen LogP) is 14.9. The minimum absolute atomic E-state index is 0.0671. The zero-order chi connectivity index (χ0) is 75.8. The standard InChI is InChI=1S/C26H29NO5S.C15H13NO5S.C8H9N.C8H8.C7H5ClO5S.C7H6O3.ClHO3S/c1-3-19(21-7-5-4-6-8-21)10-9-18(2)20-11-13-22(14-12-20)27-33(31,32)23-15-16-25(28)24(17-23)26(29)30;1-2-10-3-5-11(6-4-10)16-22(20,21)12-7-8-14(17)13(9-12)15(18)19;1-2-7-3-5-8(9)6-4-7;1-2-8-6-4-3-5-7-8;8-14(12,13)4-1-2-6(9)5(3-4)7(10)11;8-6-4-2-1-3-5(6)7(9)10;1-5(2,3)4/h4-8,11-19,27-28H,3,9-10H2,1-2H3,(H,29,30);2-9,16-17H,1H2,(H,18,19);2-6H,1,9H2;2-7H,1H2;1-3,9H,(H,10,11);1-4,8H,(H,9,10);(H,2,3,4). The van der Waals surface area contributed by atoms with E-state index in [9.17, 15) is 54.6 Å². The number of nitrogen functional groups attached to an aromatic ring is 1. The van der Waals surface area contributed by atoms with Crippen LogP contribution in [-0.2, 0) is 38.4 Å². The molecule has 30 heteroatoms. The Balaban J connectivity index is 0.000000335. The van der Waals surface area contributed by atoms with Crippen molar-refractivity contribution in [2.45, 2.75) is 59.6 Å². The van der Waals surface area contributed by atoms with E-state index >= 15 is 0 Å². The normalized spacial score (nSPS) is 11.2. The summed E-state index contributed by atoms with van der Waals surface area (Å²) in [6.07, 6.45) is 8.42. The van der Waals surface area contributed by atoms with Crippen LogP contribution in [0.2, 0.25) is 0 Å². The number of sulfonamides is 2. The summed E-state index contributed by atoms with van der Waals surface area (Å²) < 4.78 is 101. The molecule has 13 N–H and O–H groups in total. The lowest BCUT2D eigenvalue weighted by molar-refractivity contribution is 0.0682. The number of nitrogens with one attached hydrogen (secondary N) is 2. The molecule has 9 aromatic carbocycles. The lowest BCUT2D eigenvalue weighted by atomic mass is 9.87. The molecule has 0 spiro atoms. The number of carboxylic acids is 4. The molecule has 0 radical (unpaired) electrons.